The fourth-order valence-electron chi connectivity index (χ4n) is 2.32. The summed E-state index contributed by atoms with van der Waals surface area (Å²) in [4.78, 5) is 12.0. The zero-order chi connectivity index (χ0) is 16.8. The molecule has 0 saturated heterocycles. The summed E-state index contributed by atoms with van der Waals surface area (Å²) in [6, 6.07) is 13.5. The monoisotopic (exact) mass is 312 g/mol. The standard InChI is InChI=1S/C19H24N2O2/c1-13(2)23-18-9-7-15(12-17(18)20)8-10-19(22)21-16-6-4-5-14(3)11-16/h4-7,9,11-13H,8,10,20H2,1-3H3,(H,21,22). The summed E-state index contributed by atoms with van der Waals surface area (Å²) in [6.45, 7) is 5.92. The first-order valence-electron chi connectivity index (χ1n) is 7.85. The summed E-state index contributed by atoms with van der Waals surface area (Å²) in [5.74, 6) is 0.685. The van der Waals surface area contributed by atoms with Crippen molar-refractivity contribution in [2.75, 3.05) is 11.1 Å². The lowest BCUT2D eigenvalue weighted by Crippen LogP contribution is -2.12. The molecule has 0 saturated carbocycles. The van der Waals surface area contributed by atoms with Gasteiger partial charge in [0.25, 0.3) is 0 Å². The van der Waals surface area contributed by atoms with Crippen molar-refractivity contribution in [3.63, 3.8) is 0 Å². The number of nitrogens with two attached hydrogens (primary N) is 1. The zero-order valence-electron chi connectivity index (χ0n) is 13.9. The minimum absolute atomic E-state index is 0.00308. The van der Waals surface area contributed by atoms with Crippen molar-refractivity contribution in [2.24, 2.45) is 0 Å². The molecule has 0 aliphatic rings. The van der Waals surface area contributed by atoms with Crippen molar-refractivity contribution in [3.05, 3.63) is 53.6 Å². The fraction of sp³-hybridized carbons (Fsp3) is 0.316. The predicted molar refractivity (Wildman–Crippen MR) is 94.7 cm³/mol. The molecule has 2 aromatic rings. The Morgan fingerprint density at radius 2 is 2.00 bits per heavy atom. The van der Waals surface area contributed by atoms with Gasteiger partial charge in [0.05, 0.1) is 11.8 Å². The van der Waals surface area contributed by atoms with Gasteiger partial charge in [-0.2, -0.15) is 0 Å². The van der Waals surface area contributed by atoms with E-state index < -0.39 is 0 Å². The molecule has 2 aromatic carbocycles. The Balaban J connectivity index is 1.90. The third-order valence-corrected chi connectivity index (χ3v) is 3.38. The number of anilines is 2. The summed E-state index contributed by atoms with van der Waals surface area (Å²) in [6.07, 6.45) is 1.14. The highest BCUT2D eigenvalue weighted by Crippen LogP contribution is 2.24. The number of nitrogen functional groups attached to an aromatic ring is 1. The van der Waals surface area contributed by atoms with E-state index in [1.165, 1.54) is 0 Å². The van der Waals surface area contributed by atoms with Crippen LogP contribution in [0.5, 0.6) is 5.75 Å². The van der Waals surface area contributed by atoms with Crippen LogP contribution >= 0.6 is 0 Å². The van der Waals surface area contributed by atoms with Crippen LogP contribution in [0.4, 0.5) is 11.4 Å². The van der Waals surface area contributed by atoms with Crippen LogP contribution in [0.15, 0.2) is 42.5 Å². The third kappa shape index (κ3) is 5.33. The average Bonchev–Trinajstić information content (AvgIpc) is 2.47. The smallest absolute Gasteiger partial charge is 0.224 e. The zero-order valence-corrected chi connectivity index (χ0v) is 13.9. The van der Waals surface area contributed by atoms with Gasteiger partial charge in [0, 0.05) is 12.1 Å². The molecular weight excluding hydrogens is 288 g/mol. The highest BCUT2D eigenvalue weighted by Gasteiger charge is 2.07. The van der Waals surface area contributed by atoms with Gasteiger partial charge in [-0.05, 0) is 62.6 Å². The van der Waals surface area contributed by atoms with Crippen molar-refractivity contribution in [1.82, 2.24) is 0 Å². The lowest BCUT2D eigenvalue weighted by molar-refractivity contribution is -0.116. The van der Waals surface area contributed by atoms with E-state index in [4.69, 9.17) is 10.5 Å². The number of rotatable bonds is 6. The molecule has 3 N–H and O–H groups in total. The number of hydrogen-bond donors (Lipinski definition) is 2. The van der Waals surface area contributed by atoms with Gasteiger partial charge in [-0.3, -0.25) is 4.79 Å². The maximum atomic E-state index is 12.0. The van der Waals surface area contributed by atoms with Crippen LogP contribution in [0.2, 0.25) is 0 Å². The Labute approximate surface area is 137 Å². The highest BCUT2D eigenvalue weighted by molar-refractivity contribution is 5.90. The van der Waals surface area contributed by atoms with E-state index in [-0.39, 0.29) is 12.0 Å². The van der Waals surface area contributed by atoms with Crippen LogP contribution in [0.1, 0.15) is 31.4 Å². The van der Waals surface area contributed by atoms with Gasteiger partial charge in [-0.1, -0.05) is 18.2 Å². The molecule has 0 aromatic heterocycles. The Kier molecular flexibility index (Phi) is 5.63. The maximum Gasteiger partial charge on any atom is 0.224 e. The largest absolute Gasteiger partial charge is 0.489 e. The molecule has 0 unspecified atom stereocenters. The molecule has 0 atom stereocenters. The molecule has 4 nitrogen and oxygen atoms in total. The van der Waals surface area contributed by atoms with Crippen LogP contribution < -0.4 is 15.8 Å². The molecular formula is C19H24N2O2. The fourth-order valence-corrected chi connectivity index (χ4v) is 2.32. The number of hydrogen-bond acceptors (Lipinski definition) is 3. The van der Waals surface area contributed by atoms with Crippen molar-refractivity contribution in [2.45, 2.75) is 39.7 Å². The van der Waals surface area contributed by atoms with Crippen LogP contribution in [0.3, 0.4) is 0 Å². The quantitative estimate of drug-likeness (QED) is 0.794. The molecule has 0 bridgehead atoms. The minimum atomic E-state index is -0.00308. The predicted octanol–water partition coefficient (Wildman–Crippen LogP) is 3.94. The molecule has 1 amide bonds. The summed E-state index contributed by atoms with van der Waals surface area (Å²) >= 11 is 0. The van der Waals surface area contributed by atoms with Gasteiger partial charge in [0.15, 0.2) is 0 Å². The summed E-state index contributed by atoms with van der Waals surface area (Å²) in [7, 11) is 0. The molecule has 0 radical (unpaired) electrons. The molecule has 0 spiro atoms. The van der Waals surface area contributed by atoms with Crippen molar-refractivity contribution < 1.29 is 9.53 Å². The average molecular weight is 312 g/mol. The third-order valence-electron chi connectivity index (χ3n) is 3.38. The van der Waals surface area contributed by atoms with E-state index in [9.17, 15) is 4.79 Å². The highest BCUT2D eigenvalue weighted by atomic mass is 16.5. The number of carbonyl (C=O) groups is 1. The van der Waals surface area contributed by atoms with E-state index in [0.717, 1.165) is 16.8 Å². The molecule has 4 heteroatoms. The lowest BCUT2D eigenvalue weighted by atomic mass is 10.1. The molecule has 122 valence electrons. The van der Waals surface area contributed by atoms with E-state index in [1.807, 2.05) is 63.2 Å². The van der Waals surface area contributed by atoms with Gasteiger partial charge < -0.3 is 15.8 Å². The second-order valence-corrected chi connectivity index (χ2v) is 5.96. The van der Waals surface area contributed by atoms with E-state index >= 15 is 0 Å². The Morgan fingerprint density at radius 1 is 1.22 bits per heavy atom. The normalized spacial score (nSPS) is 10.6. The van der Waals surface area contributed by atoms with Crippen molar-refractivity contribution in [1.29, 1.82) is 0 Å². The maximum absolute atomic E-state index is 12.0. The molecule has 0 aliphatic heterocycles. The van der Waals surface area contributed by atoms with Gasteiger partial charge in [0.2, 0.25) is 5.91 Å². The lowest BCUT2D eigenvalue weighted by Gasteiger charge is -2.13. The van der Waals surface area contributed by atoms with E-state index in [0.29, 0.717) is 24.3 Å². The molecule has 2 rings (SSSR count). The molecule has 23 heavy (non-hydrogen) atoms. The number of nitrogens with one attached hydrogen (secondary N) is 1. The number of amides is 1. The molecule has 0 fully saturated rings. The van der Waals surface area contributed by atoms with Crippen molar-refractivity contribution in [3.8, 4) is 5.75 Å². The topological polar surface area (TPSA) is 64.3 Å². The van der Waals surface area contributed by atoms with Crippen LogP contribution in [-0.2, 0) is 11.2 Å². The van der Waals surface area contributed by atoms with Crippen molar-refractivity contribution >= 4 is 17.3 Å². The number of aryl methyl sites for hydroxylation is 2. The van der Waals surface area contributed by atoms with Crippen LogP contribution in [0.25, 0.3) is 0 Å². The summed E-state index contributed by atoms with van der Waals surface area (Å²) in [5.41, 5.74) is 9.57. The first-order valence-corrected chi connectivity index (χ1v) is 7.85. The second-order valence-electron chi connectivity index (χ2n) is 5.96. The Bertz CT molecular complexity index is 681. The molecule has 0 heterocycles. The van der Waals surface area contributed by atoms with Gasteiger partial charge in [0.1, 0.15) is 5.75 Å². The first kappa shape index (κ1) is 16.9. The Hall–Kier alpha value is -2.49. The first-order chi connectivity index (χ1) is 10.9. The van der Waals surface area contributed by atoms with Crippen LogP contribution in [0, 0.1) is 6.92 Å². The minimum Gasteiger partial charge on any atom is -0.489 e. The van der Waals surface area contributed by atoms with Crippen LogP contribution in [-0.4, -0.2) is 12.0 Å². The summed E-state index contributed by atoms with van der Waals surface area (Å²) < 4.78 is 5.61. The van der Waals surface area contributed by atoms with Gasteiger partial charge >= 0.3 is 0 Å². The SMILES string of the molecule is Cc1cccc(NC(=O)CCc2ccc(OC(C)C)c(N)c2)c1. The second kappa shape index (κ2) is 7.68. The van der Waals surface area contributed by atoms with Gasteiger partial charge in [-0.25, -0.2) is 0 Å². The molecule has 0 aliphatic carbocycles. The number of ether oxygens (including phenoxy) is 1. The van der Waals surface area contributed by atoms with Gasteiger partial charge in [-0.15, -0.1) is 0 Å². The Morgan fingerprint density at radius 3 is 2.65 bits per heavy atom. The summed E-state index contributed by atoms with van der Waals surface area (Å²) in [5, 5.41) is 2.91. The number of benzene rings is 2. The van der Waals surface area contributed by atoms with E-state index in [1.54, 1.807) is 0 Å². The van der Waals surface area contributed by atoms with E-state index in [2.05, 4.69) is 5.32 Å². The number of carbonyl (C=O) groups excluding carboxylic acids is 1.